The number of hydrogen-bond donors (Lipinski definition) is 2. The van der Waals surface area contributed by atoms with Crippen molar-refractivity contribution in [3.63, 3.8) is 0 Å². The van der Waals surface area contributed by atoms with E-state index < -0.39 is 5.97 Å². The van der Waals surface area contributed by atoms with Gasteiger partial charge in [0.1, 0.15) is 5.82 Å². The topological polar surface area (TPSA) is 75.1 Å². The number of hydrogen-bond acceptors (Lipinski definition) is 4. The van der Waals surface area contributed by atoms with Crippen LogP contribution in [0.4, 0.5) is 11.5 Å². The van der Waals surface area contributed by atoms with Crippen molar-refractivity contribution in [2.75, 3.05) is 5.32 Å². The lowest BCUT2D eigenvalue weighted by Gasteiger charge is -2.13. The van der Waals surface area contributed by atoms with Crippen LogP contribution in [-0.4, -0.2) is 21.0 Å². The van der Waals surface area contributed by atoms with E-state index >= 15 is 0 Å². The second-order valence-corrected chi connectivity index (χ2v) is 5.98. The summed E-state index contributed by atoms with van der Waals surface area (Å²) in [5.74, 6) is 0.432. The third kappa shape index (κ3) is 3.66. The number of anilines is 2. The average molecular weight is 333 g/mol. The van der Waals surface area contributed by atoms with Crippen molar-refractivity contribution in [2.24, 2.45) is 0 Å². The van der Waals surface area contributed by atoms with E-state index in [4.69, 9.17) is 5.11 Å². The summed E-state index contributed by atoms with van der Waals surface area (Å²) in [6, 6.07) is 14.7. The quantitative estimate of drug-likeness (QED) is 0.734. The lowest BCUT2D eigenvalue weighted by atomic mass is 10.1. The fourth-order valence-electron chi connectivity index (χ4n) is 2.42. The molecule has 1 heterocycles. The van der Waals surface area contributed by atoms with Gasteiger partial charge in [-0.05, 0) is 45.0 Å². The minimum atomic E-state index is -0.942. The Morgan fingerprint density at radius 2 is 1.56 bits per heavy atom. The van der Waals surface area contributed by atoms with E-state index in [-0.39, 0.29) is 5.56 Å². The van der Waals surface area contributed by atoms with Crippen LogP contribution in [0.2, 0.25) is 0 Å². The molecule has 0 aliphatic heterocycles. The molecular weight excluding hydrogens is 314 g/mol. The number of aryl methyl sites for hydroxylation is 2. The van der Waals surface area contributed by atoms with Crippen LogP contribution < -0.4 is 5.32 Å². The van der Waals surface area contributed by atoms with Crippen molar-refractivity contribution in [1.82, 2.24) is 9.97 Å². The van der Waals surface area contributed by atoms with Gasteiger partial charge in [-0.25, -0.2) is 14.8 Å². The van der Waals surface area contributed by atoms with E-state index in [9.17, 15) is 4.79 Å². The molecule has 0 bridgehead atoms. The summed E-state index contributed by atoms with van der Waals surface area (Å²) in [6.45, 7) is 5.95. The maximum atomic E-state index is 11.0. The molecule has 0 fully saturated rings. The highest BCUT2D eigenvalue weighted by Crippen LogP contribution is 2.25. The van der Waals surface area contributed by atoms with E-state index in [2.05, 4.69) is 15.3 Å². The fraction of sp³-hybridized carbons (Fsp3) is 0.150. The van der Waals surface area contributed by atoms with Crippen molar-refractivity contribution in [3.8, 4) is 11.4 Å². The summed E-state index contributed by atoms with van der Waals surface area (Å²) < 4.78 is 0. The van der Waals surface area contributed by atoms with Crippen molar-refractivity contribution in [2.45, 2.75) is 20.8 Å². The number of nitrogens with zero attached hydrogens (tertiary/aromatic N) is 2. The lowest BCUT2D eigenvalue weighted by molar-refractivity contribution is 0.0697. The Bertz CT molecular complexity index is 917. The molecule has 126 valence electrons. The van der Waals surface area contributed by atoms with Crippen LogP contribution in [0.25, 0.3) is 11.4 Å². The Labute approximate surface area is 146 Å². The number of rotatable bonds is 4. The molecule has 2 N–H and O–H groups in total. The zero-order valence-corrected chi connectivity index (χ0v) is 14.4. The van der Waals surface area contributed by atoms with Crippen LogP contribution in [-0.2, 0) is 0 Å². The Morgan fingerprint density at radius 1 is 0.920 bits per heavy atom. The minimum Gasteiger partial charge on any atom is -0.478 e. The molecule has 0 saturated heterocycles. The highest BCUT2D eigenvalue weighted by atomic mass is 16.4. The zero-order valence-electron chi connectivity index (χ0n) is 14.4. The predicted octanol–water partition coefficient (Wildman–Crippen LogP) is 4.51. The van der Waals surface area contributed by atoms with Gasteiger partial charge >= 0.3 is 5.97 Å². The molecule has 2 aromatic carbocycles. The monoisotopic (exact) mass is 333 g/mol. The van der Waals surface area contributed by atoms with Crippen LogP contribution in [0.1, 0.15) is 27.2 Å². The normalized spacial score (nSPS) is 10.5. The van der Waals surface area contributed by atoms with Gasteiger partial charge in [0.15, 0.2) is 5.82 Å². The molecule has 0 spiro atoms. The molecule has 25 heavy (non-hydrogen) atoms. The number of nitrogens with one attached hydrogen (secondary N) is 1. The van der Waals surface area contributed by atoms with Crippen molar-refractivity contribution >= 4 is 17.5 Å². The first-order chi connectivity index (χ1) is 11.9. The molecule has 0 unspecified atom stereocenters. The fourth-order valence-corrected chi connectivity index (χ4v) is 2.42. The highest BCUT2D eigenvalue weighted by molar-refractivity contribution is 5.88. The van der Waals surface area contributed by atoms with Gasteiger partial charge in [-0.3, -0.25) is 0 Å². The van der Waals surface area contributed by atoms with Gasteiger partial charge in [-0.1, -0.05) is 29.8 Å². The first kappa shape index (κ1) is 16.6. The molecule has 0 aliphatic carbocycles. The Morgan fingerprint density at radius 3 is 2.16 bits per heavy atom. The maximum absolute atomic E-state index is 11.0. The van der Waals surface area contributed by atoms with Crippen LogP contribution >= 0.6 is 0 Å². The lowest BCUT2D eigenvalue weighted by Crippen LogP contribution is -2.03. The zero-order chi connectivity index (χ0) is 18.0. The Hall–Kier alpha value is -3.21. The van der Waals surface area contributed by atoms with Gasteiger partial charge in [0.2, 0.25) is 0 Å². The number of carboxylic acids is 1. The van der Waals surface area contributed by atoms with E-state index in [1.54, 1.807) is 24.3 Å². The SMILES string of the molecule is Cc1ccc(-c2nc(C)c(C)c(Nc3ccc(C(=O)O)cc3)n2)cc1. The third-order valence-electron chi connectivity index (χ3n) is 4.09. The summed E-state index contributed by atoms with van der Waals surface area (Å²) in [5.41, 5.74) is 5.03. The molecule has 5 heteroatoms. The smallest absolute Gasteiger partial charge is 0.335 e. The maximum Gasteiger partial charge on any atom is 0.335 e. The van der Waals surface area contributed by atoms with Crippen LogP contribution in [0, 0.1) is 20.8 Å². The number of carbonyl (C=O) groups is 1. The van der Waals surface area contributed by atoms with Crippen LogP contribution in [0.3, 0.4) is 0 Å². The molecule has 0 saturated carbocycles. The van der Waals surface area contributed by atoms with Gasteiger partial charge in [-0.2, -0.15) is 0 Å². The summed E-state index contributed by atoms with van der Waals surface area (Å²) in [5, 5.41) is 12.2. The first-order valence-electron chi connectivity index (χ1n) is 7.96. The largest absolute Gasteiger partial charge is 0.478 e. The van der Waals surface area contributed by atoms with E-state index in [0.29, 0.717) is 11.6 Å². The summed E-state index contributed by atoms with van der Waals surface area (Å²) in [4.78, 5) is 20.2. The molecule has 0 amide bonds. The average Bonchev–Trinajstić information content (AvgIpc) is 2.60. The van der Waals surface area contributed by atoms with E-state index in [1.165, 1.54) is 5.56 Å². The van der Waals surface area contributed by atoms with Crippen molar-refractivity contribution < 1.29 is 9.90 Å². The van der Waals surface area contributed by atoms with Gasteiger partial charge in [0.25, 0.3) is 0 Å². The number of carboxylic acid groups (broad SMARTS) is 1. The number of aromatic carboxylic acids is 1. The first-order valence-corrected chi connectivity index (χ1v) is 7.96. The van der Waals surface area contributed by atoms with Gasteiger partial charge in [0, 0.05) is 22.5 Å². The summed E-state index contributed by atoms with van der Waals surface area (Å²) in [7, 11) is 0. The second-order valence-electron chi connectivity index (χ2n) is 5.98. The van der Waals surface area contributed by atoms with Gasteiger partial charge in [-0.15, -0.1) is 0 Å². The third-order valence-corrected chi connectivity index (χ3v) is 4.09. The molecule has 0 aliphatic rings. The summed E-state index contributed by atoms with van der Waals surface area (Å²) in [6.07, 6.45) is 0. The van der Waals surface area contributed by atoms with Gasteiger partial charge in [0.05, 0.1) is 5.56 Å². The van der Waals surface area contributed by atoms with Gasteiger partial charge < -0.3 is 10.4 Å². The molecule has 5 nitrogen and oxygen atoms in total. The highest BCUT2D eigenvalue weighted by Gasteiger charge is 2.10. The molecule has 0 atom stereocenters. The molecular formula is C20H19N3O2. The Kier molecular flexibility index (Phi) is 4.48. The predicted molar refractivity (Wildman–Crippen MR) is 98.4 cm³/mol. The van der Waals surface area contributed by atoms with Crippen molar-refractivity contribution in [1.29, 1.82) is 0 Å². The number of benzene rings is 2. The summed E-state index contributed by atoms with van der Waals surface area (Å²) >= 11 is 0. The second kappa shape index (κ2) is 6.73. The molecule has 1 aromatic heterocycles. The van der Waals surface area contributed by atoms with E-state index in [0.717, 1.165) is 22.5 Å². The minimum absolute atomic E-state index is 0.251. The van der Waals surface area contributed by atoms with Crippen molar-refractivity contribution in [3.05, 3.63) is 70.9 Å². The van der Waals surface area contributed by atoms with Crippen LogP contribution in [0.5, 0.6) is 0 Å². The Balaban J connectivity index is 1.95. The number of aromatic nitrogens is 2. The standard InChI is InChI=1S/C20H19N3O2/c1-12-4-6-15(7-5-12)19-21-14(3)13(2)18(23-19)22-17-10-8-16(9-11-17)20(24)25/h4-11H,1-3H3,(H,24,25)(H,21,22,23). The molecule has 3 rings (SSSR count). The van der Waals surface area contributed by atoms with Crippen LogP contribution in [0.15, 0.2) is 48.5 Å². The van der Waals surface area contributed by atoms with E-state index in [1.807, 2.05) is 45.0 Å². The molecule has 3 aromatic rings. The molecule has 0 radical (unpaired) electrons.